The number of aromatic nitrogens is 1. The van der Waals surface area contributed by atoms with Gasteiger partial charge in [0.15, 0.2) is 5.82 Å². The summed E-state index contributed by atoms with van der Waals surface area (Å²) in [6.45, 7) is 2.75. The number of nitrogens with two attached hydrogens (primary N) is 2. The molecule has 2 aliphatic heterocycles. The van der Waals surface area contributed by atoms with Crippen molar-refractivity contribution in [2.24, 2.45) is 11.7 Å². The molecule has 1 amide bonds. The summed E-state index contributed by atoms with van der Waals surface area (Å²) in [6.07, 6.45) is 7.86. The van der Waals surface area contributed by atoms with E-state index >= 15 is 0 Å². The lowest BCUT2D eigenvalue weighted by molar-refractivity contribution is -0.119. The lowest BCUT2D eigenvalue weighted by Gasteiger charge is -2.29. The van der Waals surface area contributed by atoms with Crippen molar-refractivity contribution in [1.82, 2.24) is 15.3 Å². The van der Waals surface area contributed by atoms with E-state index in [2.05, 4.69) is 21.4 Å². The van der Waals surface area contributed by atoms with E-state index in [0.717, 1.165) is 75.0 Å². The number of hydrogen-bond acceptors (Lipinski definition) is 7. The van der Waals surface area contributed by atoms with E-state index in [1.165, 1.54) is 5.01 Å². The highest BCUT2D eigenvalue weighted by molar-refractivity contribution is 5.98. The molecule has 0 aromatic carbocycles. The van der Waals surface area contributed by atoms with Gasteiger partial charge in [0, 0.05) is 49.1 Å². The first-order valence-electron chi connectivity index (χ1n) is 9.60. The number of hydrogen-bond donors (Lipinski definition) is 4. The Morgan fingerprint density at radius 2 is 2.07 bits per heavy atom. The average molecular weight is 371 g/mol. The van der Waals surface area contributed by atoms with Gasteiger partial charge in [-0.05, 0) is 43.9 Å². The fourth-order valence-corrected chi connectivity index (χ4v) is 3.63. The van der Waals surface area contributed by atoms with Crippen molar-refractivity contribution in [2.45, 2.75) is 44.9 Å². The molecule has 1 fully saturated rings. The Kier molecular flexibility index (Phi) is 6.54. The van der Waals surface area contributed by atoms with Gasteiger partial charge in [0.1, 0.15) is 0 Å². The number of hydrazine groups is 2. The number of nitrogens with zero attached hydrogens (tertiary/aromatic N) is 3. The molecule has 0 saturated carbocycles. The third-order valence-corrected chi connectivity index (χ3v) is 5.24. The third kappa shape index (κ3) is 4.91. The van der Waals surface area contributed by atoms with E-state index in [0.29, 0.717) is 18.0 Å². The van der Waals surface area contributed by atoms with Gasteiger partial charge in [-0.25, -0.2) is 15.8 Å². The molecule has 2 aliphatic rings. The maximum absolute atomic E-state index is 11.7. The summed E-state index contributed by atoms with van der Waals surface area (Å²) in [4.78, 5) is 18.7. The molecule has 3 rings (SSSR count). The van der Waals surface area contributed by atoms with E-state index in [1.54, 1.807) is 6.20 Å². The van der Waals surface area contributed by atoms with E-state index in [1.807, 2.05) is 6.07 Å². The summed E-state index contributed by atoms with van der Waals surface area (Å²) >= 11 is 0. The molecule has 0 bridgehead atoms. The predicted molar refractivity (Wildman–Crippen MR) is 106 cm³/mol. The molecule has 1 aromatic rings. The fraction of sp³-hybridized carbons (Fsp3) is 0.526. The number of carbonyl (C=O) groups excluding carboxylic acids is 1. The van der Waals surface area contributed by atoms with Crippen molar-refractivity contribution in [1.29, 1.82) is 5.41 Å². The summed E-state index contributed by atoms with van der Waals surface area (Å²) in [6, 6.07) is 4.10. The molecule has 1 saturated heterocycles. The molecular formula is C19H29N7O. The highest BCUT2D eigenvalue weighted by Crippen LogP contribution is 2.24. The van der Waals surface area contributed by atoms with Crippen molar-refractivity contribution in [3.63, 3.8) is 0 Å². The van der Waals surface area contributed by atoms with Crippen LogP contribution < -0.4 is 22.1 Å². The summed E-state index contributed by atoms with van der Waals surface area (Å²) in [5, 5.41) is 9.13. The van der Waals surface area contributed by atoms with E-state index in [4.69, 9.17) is 17.1 Å². The molecule has 8 nitrogen and oxygen atoms in total. The highest BCUT2D eigenvalue weighted by Gasteiger charge is 2.23. The van der Waals surface area contributed by atoms with Crippen molar-refractivity contribution in [3.05, 3.63) is 35.2 Å². The van der Waals surface area contributed by atoms with Crippen LogP contribution in [0.4, 0.5) is 5.82 Å². The number of fused-ring (bicyclic) bond motifs is 1. The van der Waals surface area contributed by atoms with Crippen LogP contribution >= 0.6 is 0 Å². The Balaban J connectivity index is 1.41. The van der Waals surface area contributed by atoms with Gasteiger partial charge < -0.3 is 10.8 Å². The molecule has 3 heterocycles. The molecule has 1 aromatic heterocycles. The van der Waals surface area contributed by atoms with Crippen LogP contribution in [0.25, 0.3) is 0 Å². The predicted octanol–water partition coefficient (Wildman–Crippen LogP) is 1.02. The Hall–Kier alpha value is -2.29. The molecule has 27 heavy (non-hydrogen) atoms. The number of rotatable bonds is 7. The monoisotopic (exact) mass is 371 g/mol. The summed E-state index contributed by atoms with van der Waals surface area (Å²) in [7, 11) is 0. The lowest BCUT2D eigenvalue weighted by Crippen LogP contribution is -2.41. The van der Waals surface area contributed by atoms with Crippen molar-refractivity contribution >= 4 is 17.4 Å². The minimum Gasteiger partial charge on any atom is -0.331 e. The average Bonchev–Trinajstić information content (AvgIpc) is 2.67. The molecule has 0 aliphatic carbocycles. The van der Waals surface area contributed by atoms with Crippen LogP contribution in [0.15, 0.2) is 23.9 Å². The standard InChI is InChI=1S/C19H29N7O/c20-17-9-11-25(13-15(17)12-23-21)10-3-1-2-4-16-7-5-14-6-8-18(27)26(22)19(14)24-16/h5,7,12,20,23H,1-4,6,8-11,13,21-22H2/b15-12-,20-17?. The number of unbranched alkanes of at least 4 members (excludes halogenated alkanes) is 2. The van der Waals surface area contributed by atoms with Crippen molar-refractivity contribution in [2.75, 3.05) is 24.6 Å². The molecule has 0 radical (unpaired) electrons. The van der Waals surface area contributed by atoms with Gasteiger partial charge >= 0.3 is 0 Å². The van der Waals surface area contributed by atoms with E-state index in [9.17, 15) is 4.79 Å². The van der Waals surface area contributed by atoms with Crippen LogP contribution in [0.1, 0.15) is 43.4 Å². The van der Waals surface area contributed by atoms with Gasteiger partial charge in [0.2, 0.25) is 5.91 Å². The van der Waals surface area contributed by atoms with Crippen molar-refractivity contribution < 1.29 is 4.79 Å². The Morgan fingerprint density at radius 1 is 1.22 bits per heavy atom. The van der Waals surface area contributed by atoms with Gasteiger partial charge in [0.05, 0.1) is 0 Å². The number of amides is 1. The quantitative estimate of drug-likeness (QED) is 0.245. The fourth-order valence-electron chi connectivity index (χ4n) is 3.63. The zero-order valence-electron chi connectivity index (χ0n) is 15.7. The first-order valence-corrected chi connectivity index (χ1v) is 9.60. The molecule has 8 heteroatoms. The molecule has 0 spiro atoms. The van der Waals surface area contributed by atoms with Gasteiger partial charge in [-0.1, -0.05) is 12.5 Å². The van der Waals surface area contributed by atoms with Crippen LogP contribution in [-0.2, 0) is 17.6 Å². The zero-order valence-corrected chi connectivity index (χ0v) is 15.7. The SMILES string of the molecule is N=C1CCN(CCCCCc2ccc3c(n2)N(N)C(=O)CC3)C/C1=C/NN. The van der Waals surface area contributed by atoms with Gasteiger partial charge in [-0.3, -0.25) is 15.5 Å². The normalized spacial score (nSPS) is 19.5. The Bertz CT molecular complexity index is 731. The zero-order chi connectivity index (χ0) is 19.2. The summed E-state index contributed by atoms with van der Waals surface area (Å²) < 4.78 is 0. The maximum Gasteiger partial charge on any atom is 0.242 e. The number of piperidine rings is 1. The molecule has 0 unspecified atom stereocenters. The number of anilines is 1. The number of carbonyl (C=O) groups is 1. The van der Waals surface area contributed by atoms with Crippen LogP contribution in [0, 0.1) is 5.41 Å². The second-order valence-electron chi connectivity index (χ2n) is 7.20. The number of nitrogens with one attached hydrogen (secondary N) is 2. The largest absolute Gasteiger partial charge is 0.331 e. The topological polar surface area (TPSA) is 124 Å². The third-order valence-electron chi connectivity index (χ3n) is 5.24. The van der Waals surface area contributed by atoms with Gasteiger partial charge in [-0.15, -0.1) is 0 Å². The highest BCUT2D eigenvalue weighted by atomic mass is 16.2. The number of aryl methyl sites for hydroxylation is 2. The minimum atomic E-state index is -0.0694. The molecule has 6 N–H and O–H groups in total. The molecule has 146 valence electrons. The minimum absolute atomic E-state index is 0.0694. The van der Waals surface area contributed by atoms with Gasteiger partial charge in [-0.2, -0.15) is 0 Å². The number of pyridine rings is 1. The van der Waals surface area contributed by atoms with Crippen molar-refractivity contribution in [3.8, 4) is 0 Å². The maximum atomic E-state index is 11.7. The Morgan fingerprint density at radius 3 is 2.89 bits per heavy atom. The molecule has 0 atom stereocenters. The second kappa shape index (κ2) is 9.07. The molecular weight excluding hydrogens is 342 g/mol. The second-order valence-corrected chi connectivity index (χ2v) is 7.20. The smallest absolute Gasteiger partial charge is 0.242 e. The van der Waals surface area contributed by atoms with E-state index in [-0.39, 0.29) is 5.91 Å². The van der Waals surface area contributed by atoms with E-state index < -0.39 is 0 Å². The first kappa shape index (κ1) is 19.5. The van der Waals surface area contributed by atoms with Crippen LogP contribution in [0.5, 0.6) is 0 Å². The van der Waals surface area contributed by atoms with Crippen LogP contribution in [0.2, 0.25) is 0 Å². The van der Waals surface area contributed by atoms with Crippen LogP contribution in [0.3, 0.4) is 0 Å². The lowest BCUT2D eigenvalue weighted by atomic mass is 10.0. The Labute approximate surface area is 160 Å². The summed E-state index contributed by atoms with van der Waals surface area (Å²) in [5.41, 5.74) is 6.23. The summed E-state index contributed by atoms with van der Waals surface area (Å²) in [5.74, 6) is 11.7. The number of likely N-dealkylation sites (tertiary alicyclic amines) is 1. The van der Waals surface area contributed by atoms with Gasteiger partial charge in [0.25, 0.3) is 0 Å². The first-order chi connectivity index (χ1) is 13.1. The van der Waals surface area contributed by atoms with Crippen LogP contribution in [-0.4, -0.2) is 41.1 Å².